The first kappa shape index (κ1) is 19.0. The van der Waals surface area contributed by atoms with Crippen LogP contribution in [0.15, 0.2) is 18.2 Å². The Morgan fingerprint density at radius 3 is 2.38 bits per heavy atom. The molecule has 1 saturated heterocycles. The van der Waals surface area contributed by atoms with Crippen LogP contribution < -0.4 is 5.32 Å². The maximum Gasteiger partial charge on any atom is 0.0595 e. The molecule has 0 spiro atoms. The fourth-order valence-electron chi connectivity index (χ4n) is 2.87. The number of aliphatic hydroxyl groups excluding tert-OH is 1. The highest BCUT2D eigenvalue weighted by Gasteiger charge is 2.35. The van der Waals surface area contributed by atoms with Crippen LogP contribution in [-0.2, 0) is 0 Å². The third-order valence-electron chi connectivity index (χ3n) is 3.92. The molecule has 2 N–H and O–H groups in total. The molecule has 2 rings (SSSR count). The standard InChI is InChI=1S/C15H22Cl2N2O.ClH/c1-15(2,10-20)14(19-7-5-18-6-8-19)11-3-4-12(16)13(17)9-11;/h3-4,9,14,18,20H,5-8,10H2,1-2H3;1H/t14-;/m0./s1. The molecule has 1 heterocycles. The van der Waals surface area contributed by atoms with E-state index in [1.165, 1.54) is 0 Å². The Balaban J connectivity index is 0.00000220. The molecule has 0 unspecified atom stereocenters. The number of aliphatic hydroxyl groups is 1. The molecule has 6 heteroatoms. The van der Waals surface area contributed by atoms with Crippen LogP contribution in [0.2, 0.25) is 10.0 Å². The second-order valence-electron chi connectivity index (χ2n) is 6.01. The van der Waals surface area contributed by atoms with Crippen LogP contribution >= 0.6 is 35.6 Å². The van der Waals surface area contributed by atoms with Crippen LogP contribution in [0.3, 0.4) is 0 Å². The molecular weight excluding hydrogens is 331 g/mol. The van der Waals surface area contributed by atoms with Crippen molar-refractivity contribution >= 4 is 35.6 Å². The van der Waals surface area contributed by atoms with Crippen molar-refractivity contribution in [2.24, 2.45) is 5.41 Å². The van der Waals surface area contributed by atoms with Gasteiger partial charge in [0, 0.05) is 44.2 Å². The van der Waals surface area contributed by atoms with E-state index >= 15 is 0 Å². The van der Waals surface area contributed by atoms with Gasteiger partial charge in [-0.05, 0) is 17.7 Å². The summed E-state index contributed by atoms with van der Waals surface area (Å²) in [5, 5.41) is 14.3. The zero-order valence-corrected chi connectivity index (χ0v) is 14.7. The molecule has 0 amide bonds. The van der Waals surface area contributed by atoms with Crippen molar-refractivity contribution in [3.63, 3.8) is 0 Å². The Labute approximate surface area is 143 Å². The number of hydrogen-bond donors (Lipinski definition) is 2. The topological polar surface area (TPSA) is 35.5 Å². The first-order chi connectivity index (χ1) is 9.45. The van der Waals surface area contributed by atoms with Crippen molar-refractivity contribution in [2.75, 3.05) is 32.8 Å². The molecule has 0 saturated carbocycles. The van der Waals surface area contributed by atoms with Gasteiger partial charge >= 0.3 is 0 Å². The van der Waals surface area contributed by atoms with Crippen molar-refractivity contribution in [1.29, 1.82) is 0 Å². The maximum absolute atomic E-state index is 9.78. The van der Waals surface area contributed by atoms with E-state index < -0.39 is 0 Å². The number of rotatable bonds is 4. The first-order valence-electron chi connectivity index (χ1n) is 6.96. The number of benzene rings is 1. The lowest BCUT2D eigenvalue weighted by molar-refractivity contribution is 0.0305. The van der Waals surface area contributed by atoms with E-state index in [0.717, 1.165) is 31.7 Å². The summed E-state index contributed by atoms with van der Waals surface area (Å²) in [4.78, 5) is 2.41. The molecule has 0 aromatic heterocycles. The highest BCUT2D eigenvalue weighted by Crippen LogP contribution is 2.40. The van der Waals surface area contributed by atoms with Crippen LogP contribution in [0.25, 0.3) is 0 Å². The molecule has 1 fully saturated rings. The highest BCUT2D eigenvalue weighted by atomic mass is 35.5. The third kappa shape index (κ3) is 4.47. The molecule has 120 valence electrons. The SMILES string of the molecule is CC(C)(CO)[C@H](c1ccc(Cl)c(Cl)c1)N1CCNCC1.Cl. The quantitative estimate of drug-likeness (QED) is 0.871. The number of hydrogen-bond acceptors (Lipinski definition) is 3. The zero-order chi connectivity index (χ0) is 14.8. The monoisotopic (exact) mass is 352 g/mol. The Morgan fingerprint density at radius 1 is 1.24 bits per heavy atom. The summed E-state index contributed by atoms with van der Waals surface area (Å²) < 4.78 is 0. The average Bonchev–Trinajstić information content (AvgIpc) is 2.44. The maximum atomic E-state index is 9.78. The van der Waals surface area contributed by atoms with E-state index in [1.54, 1.807) is 0 Å². The van der Waals surface area contributed by atoms with Gasteiger partial charge in [-0.2, -0.15) is 0 Å². The molecular formula is C15H23Cl3N2O. The minimum atomic E-state index is -0.242. The van der Waals surface area contributed by atoms with Crippen molar-refractivity contribution in [1.82, 2.24) is 10.2 Å². The Morgan fingerprint density at radius 2 is 1.86 bits per heavy atom. The number of nitrogens with one attached hydrogen (secondary N) is 1. The van der Waals surface area contributed by atoms with Crippen LogP contribution in [-0.4, -0.2) is 42.8 Å². The van der Waals surface area contributed by atoms with E-state index in [0.29, 0.717) is 10.0 Å². The molecule has 1 aromatic carbocycles. The largest absolute Gasteiger partial charge is 0.396 e. The van der Waals surface area contributed by atoms with Crippen molar-refractivity contribution in [2.45, 2.75) is 19.9 Å². The van der Waals surface area contributed by atoms with Crippen molar-refractivity contribution in [3.8, 4) is 0 Å². The Kier molecular flexibility index (Phi) is 7.25. The predicted octanol–water partition coefficient (Wildman–Crippen LogP) is 3.38. The Hall–Kier alpha value is -0.0300. The highest BCUT2D eigenvalue weighted by molar-refractivity contribution is 6.42. The van der Waals surface area contributed by atoms with E-state index in [9.17, 15) is 5.11 Å². The number of nitrogens with zero attached hydrogens (tertiary/aromatic N) is 1. The van der Waals surface area contributed by atoms with E-state index in [2.05, 4.69) is 24.1 Å². The minimum Gasteiger partial charge on any atom is -0.396 e. The van der Waals surface area contributed by atoms with E-state index in [-0.39, 0.29) is 30.5 Å². The molecule has 1 aliphatic heterocycles. The van der Waals surface area contributed by atoms with Gasteiger partial charge in [-0.15, -0.1) is 12.4 Å². The van der Waals surface area contributed by atoms with Gasteiger partial charge in [0.1, 0.15) is 0 Å². The predicted molar refractivity (Wildman–Crippen MR) is 91.8 cm³/mol. The summed E-state index contributed by atoms with van der Waals surface area (Å²) >= 11 is 12.2. The van der Waals surface area contributed by atoms with Crippen molar-refractivity contribution < 1.29 is 5.11 Å². The summed E-state index contributed by atoms with van der Waals surface area (Å²) in [7, 11) is 0. The van der Waals surface area contributed by atoms with E-state index in [4.69, 9.17) is 23.2 Å². The lowest BCUT2D eigenvalue weighted by Gasteiger charge is -2.43. The fourth-order valence-corrected chi connectivity index (χ4v) is 3.17. The third-order valence-corrected chi connectivity index (χ3v) is 4.66. The lowest BCUT2D eigenvalue weighted by atomic mass is 9.80. The van der Waals surface area contributed by atoms with Gasteiger partial charge in [-0.3, -0.25) is 4.90 Å². The van der Waals surface area contributed by atoms with Gasteiger partial charge in [0.05, 0.1) is 10.0 Å². The van der Waals surface area contributed by atoms with Crippen LogP contribution in [0.4, 0.5) is 0 Å². The summed E-state index contributed by atoms with van der Waals surface area (Å²) in [5.74, 6) is 0. The summed E-state index contributed by atoms with van der Waals surface area (Å²) in [6.07, 6.45) is 0. The molecule has 1 aliphatic rings. The molecule has 1 aromatic rings. The molecule has 3 nitrogen and oxygen atoms in total. The number of halogens is 3. The summed E-state index contributed by atoms with van der Waals surface area (Å²) in [6, 6.07) is 5.90. The van der Waals surface area contributed by atoms with Gasteiger partial charge in [0.15, 0.2) is 0 Å². The van der Waals surface area contributed by atoms with Gasteiger partial charge in [0.25, 0.3) is 0 Å². The summed E-state index contributed by atoms with van der Waals surface area (Å²) in [6.45, 7) is 8.17. The molecule has 1 atom stereocenters. The van der Waals surface area contributed by atoms with Gasteiger partial charge in [0.2, 0.25) is 0 Å². The van der Waals surface area contributed by atoms with Gasteiger partial charge in [-0.1, -0.05) is 43.1 Å². The normalized spacial score (nSPS) is 18.1. The van der Waals surface area contributed by atoms with Crippen LogP contribution in [0.1, 0.15) is 25.5 Å². The van der Waals surface area contributed by atoms with Gasteiger partial charge < -0.3 is 10.4 Å². The van der Waals surface area contributed by atoms with Crippen LogP contribution in [0.5, 0.6) is 0 Å². The van der Waals surface area contributed by atoms with Gasteiger partial charge in [-0.25, -0.2) is 0 Å². The Bertz CT molecular complexity index is 462. The summed E-state index contributed by atoms with van der Waals surface area (Å²) in [5.41, 5.74) is 0.870. The average molecular weight is 354 g/mol. The first-order valence-corrected chi connectivity index (χ1v) is 7.72. The second-order valence-corrected chi connectivity index (χ2v) is 6.82. The van der Waals surface area contributed by atoms with Crippen molar-refractivity contribution in [3.05, 3.63) is 33.8 Å². The molecule has 21 heavy (non-hydrogen) atoms. The number of piperazine rings is 1. The smallest absolute Gasteiger partial charge is 0.0595 e. The minimum absolute atomic E-state index is 0. The zero-order valence-electron chi connectivity index (χ0n) is 12.4. The molecule has 0 aliphatic carbocycles. The fraction of sp³-hybridized carbons (Fsp3) is 0.600. The second kappa shape index (κ2) is 8.00. The molecule has 0 bridgehead atoms. The van der Waals surface area contributed by atoms with E-state index in [1.807, 2.05) is 18.2 Å². The molecule has 0 radical (unpaired) electrons. The lowest BCUT2D eigenvalue weighted by Crippen LogP contribution is -2.49. The van der Waals surface area contributed by atoms with Crippen LogP contribution in [0, 0.1) is 5.41 Å².